The van der Waals surface area contributed by atoms with Crippen molar-refractivity contribution in [2.24, 2.45) is 5.73 Å². The topological polar surface area (TPSA) is 63.4 Å². The molecule has 1 unspecified atom stereocenters. The molecule has 0 aliphatic carbocycles. The number of hydrogen-bond donors (Lipinski definition) is 1. The van der Waals surface area contributed by atoms with Gasteiger partial charge in [-0.15, -0.1) is 0 Å². The molecule has 0 fully saturated rings. The highest BCUT2D eigenvalue weighted by Crippen LogP contribution is 2.32. The van der Waals surface area contributed by atoms with Crippen LogP contribution in [0.5, 0.6) is 0 Å². The normalized spacial score (nSPS) is 16.1. The van der Waals surface area contributed by atoms with Crippen LogP contribution in [0.2, 0.25) is 0 Å². The number of fused-ring (bicyclic) bond motifs is 1. The number of primary amides is 1. The van der Waals surface area contributed by atoms with E-state index in [0.717, 1.165) is 15.7 Å². The molecule has 5 heteroatoms. The fourth-order valence-electron chi connectivity index (χ4n) is 1.86. The Morgan fingerprint density at radius 2 is 2.25 bits per heavy atom. The Hall–Kier alpha value is -1.36. The maximum Gasteiger partial charge on any atom is 0.240 e. The summed E-state index contributed by atoms with van der Waals surface area (Å²) in [7, 11) is 0. The van der Waals surface area contributed by atoms with Crippen LogP contribution in [0.25, 0.3) is 0 Å². The van der Waals surface area contributed by atoms with Crippen molar-refractivity contribution >= 4 is 33.4 Å². The maximum atomic E-state index is 11.8. The SMILES string of the molecule is CC(C(N)=O)N1C(=O)Cc2cc(Br)ccc21. The minimum atomic E-state index is -0.602. The summed E-state index contributed by atoms with van der Waals surface area (Å²) < 4.78 is 0.924. The molecule has 2 amide bonds. The highest BCUT2D eigenvalue weighted by molar-refractivity contribution is 9.10. The maximum absolute atomic E-state index is 11.8. The molecule has 0 bridgehead atoms. The molecule has 84 valence electrons. The minimum absolute atomic E-state index is 0.0839. The van der Waals surface area contributed by atoms with Gasteiger partial charge in [0.25, 0.3) is 0 Å². The van der Waals surface area contributed by atoms with Crippen LogP contribution in [0.4, 0.5) is 5.69 Å². The first-order chi connectivity index (χ1) is 7.50. The van der Waals surface area contributed by atoms with Crippen LogP contribution >= 0.6 is 15.9 Å². The van der Waals surface area contributed by atoms with Gasteiger partial charge in [0, 0.05) is 10.2 Å². The van der Waals surface area contributed by atoms with Crippen molar-refractivity contribution in [2.75, 3.05) is 4.90 Å². The number of nitrogens with two attached hydrogens (primary N) is 1. The molecular weight excluding hydrogens is 272 g/mol. The Morgan fingerprint density at radius 1 is 1.56 bits per heavy atom. The summed E-state index contributed by atoms with van der Waals surface area (Å²) in [6.07, 6.45) is 0.326. The number of benzene rings is 1. The molecule has 1 atom stereocenters. The second kappa shape index (κ2) is 3.90. The average Bonchev–Trinajstić information content (AvgIpc) is 2.51. The lowest BCUT2D eigenvalue weighted by molar-refractivity contribution is -0.123. The number of halogens is 1. The van der Waals surface area contributed by atoms with Crippen LogP contribution in [-0.2, 0) is 16.0 Å². The van der Waals surface area contributed by atoms with E-state index in [0.29, 0.717) is 6.42 Å². The molecule has 1 aliphatic heterocycles. The van der Waals surface area contributed by atoms with E-state index >= 15 is 0 Å². The number of rotatable bonds is 2. The quantitative estimate of drug-likeness (QED) is 0.886. The highest BCUT2D eigenvalue weighted by atomic mass is 79.9. The zero-order valence-electron chi connectivity index (χ0n) is 8.74. The highest BCUT2D eigenvalue weighted by Gasteiger charge is 2.33. The Kier molecular flexibility index (Phi) is 2.71. The minimum Gasteiger partial charge on any atom is -0.368 e. The molecule has 0 aromatic heterocycles. The predicted molar refractivity (Wildman–Crippen MR) is 64.0 cm³/mol. The Morgan fingerprint density at radius 3 is 2.88 bits per heavy atom. The lowest BCUT2D eigenvalue weighted by atomic mass is 10.1. The molecule has 0 saturated carbocycles. The molecule has 1 heterocycles. The summed E-state index contributed by atoms with van der Waals surface area (Å²) >= 11 is 3.35. The van der Waals surface area contributed by atoms with E-state index in [1.165, 1.54) is 4.90 Å². The summed E-state index contributed by atoms with van der Waals surface area (Å²) in [4.78, 5) is 24.4. The number of carbonyl (C=O) groups excluding carboxylic acids is 2. The summed E-state index contributed by atoms with van der Waals surface area (Å²) in [6, 6.07) is 4.96. The van der Waals surface area contributed by atoms with Gasteiger partial charge in [0.2, 0.25) is 11.8 Å². The van der Waals surface area contributed by atoms with E-state index in [1.54, 1.807) is 6.92 Å². The number of amides is 2. The van der Waals surface area contributed by atoms with E-state index in [1.807, 2.05) is 18.2 Å². The van der Waals surface area contributed by atoms with Crippen LogP contribution in [0.15, 0.2) is 22.7 Å². The monoisotopic (exact) mass is 282 g/mol. The molecule has 1 aromatic carbocycles. The molecule has 4 nitrogen and oxygen atoms in total. The summed E-state index contributed by atoms with van der Waals surface area (Å²) in [6.45, 7) is 1.64. The molecule has 2 N–H and O–H groups in total. The predicted octanol–water partition coefficient (Wildman–Crippen LogP) is 1.21. The lowest BCUT2D eigenvalue weighted by Gasteiger charge is -2.22. The van der Waals surface area contributed by atoms with Crippen molar-refractivity contribution in [1.82, 2.24) is 0 Å². The summed E-state index contributed by atoms with van der Waals surface area (Å²) in [5.74, 6) is -0.580. The summed E-state index contributed by atoms with van der Waals surface area (Å²) in [5.41, 5.74) is 6.92. The third-order valence-corrected chi connectivity index (χ3v) is 3.20. The molecule has 0 radical (unpaired) electrons. The van der Waals surface area contributed by atoms with Crippen molar-refractivity contribution < 1.29 is 9.59 Å². The molecule has 16 heavy (non-hydrogen) atoms. The van der Waals surface area contributed by atoms with E-state index in [2.05, 4.69) is 15.9 Å². The molecule has 2 rings (SSSR count). The fourth-order valence-corrected chi connectivity index (χ4v) is 2.27. The standard InChI is InChI=1S/C11H11BrN2O2/c1-6(11(13)16)14-9-3-2-8(12)4-7(9)5-10(14)15/h2-4,6H,5H2,1H3,(H2,13,16). The van der Waals surface area contributed by atoms with Gasteiger partial charge in [-0.2, -0.15) is 0 Å². The van der Waals surface area contributed by atoms with Crippen molar-refractivity contribution in [1.29, 1.82) is 0 Å². The fraction of sp³-hybridized carbons (Fsp3) is 0.273. The van der Waals surface area contributed by atoms with Gasteiger partial charge in [-0.3, -0.25) is 14.5 Å². The first-order valence-corrected chi connectivity index (χ1v) is 5.70. The van der Waals surface area contributed by atoms with Crippen LogP contribution < -0.4 is 10.6 Å². The van der Waals surface area contributed by atoms with Crippen molar-refractivity contribution in [3.63, 3.8) is 0 Å². The molecular formula is C11H11BrN2O2. The van der Waals surface area contributed by atoms with Crippen LogP contribution in [-0.4, -0.2) is 17.9 Å². The first-order valence-electron chi connectivity index (χ1n) is 4.90. The van der Waals surface area contributed by atoms with E-state index in [9.17, 15) is 9.59 Å². The van der Waals surface area contributed by atoms with Gasteiger partial charge < -0.3 is 5.73 Å². The number of carbonyl (C=O) groups is 2. The van der Waals surface area contributed by atoms with Crippen molar-refractivity contribution in [3.05, 3.63) is 28.2 Å². The third-order valence-electron chi connectivity index (χ3n) is 2.71. The number of nitrogens with zero attached hydrogens (tertiary/aromatic N) is 1. The average molecular weight is 283 g/mol. The zero-order chi connectivity index (χ0) is 11.9. The van der Waals surface area contributed by atoms with Gasteiger partial charge in [-0.05, 0) is 30.7 Å². The molecule has 1 aromatic rings. The second-order valence-electron chi connectivity index (χ2n) is 3.79. The number of hydrogen-bond acceptors (Lipinski definition) is 2. The van der Waals surface area contributed by atoms with Gasteiger partial charge in [0.05, 0.1) is 6.42 Å². The number of anilines is 1. The Labute approximate surface area is 102 Å². The van der Waals surface area contributed by atoms with Gasteiger partial charge in [0.15, 0.2) is 0 Å². The Bertz CT molecular complexity index is 473. The second-order valence-corrected chi connectivity index (χ2v) is 4.71. The van der Waals surface area contributed by atoms with Gasteiger partial charge in [-0.25, -0.2) is 0 Å². The Balaban J connectivity index is 2.44. The lowest BCUT2D eigenvalue weighted by Crippen LogP contribution is -2.44. The van der Waals surface area contributed by atoms with Gasteiger partial charge >= 0.3 is 0 Å². The smallest absolute Gasteiger partial charge is 0.240 e. The van der Waals surface area contributed by atoms with Crippen LogP contribution in [0.3, 0.4) is 0 Å². The molecule has 0 saturated heterocycles. The zero-order valence-corrected chi connectivity index (χ0v) is 10.3. The van der Waals surface area contributed by atoms with Crippen molar-refractivity contribution in [2.45, 2.75) is 19.4 Å². The van der Waals surface area contributed by atoms with Crippen molar-refractivity contribution in [3.8, 4) is 0 Å². The summed E-state index contributed by atoms with van der Waals surface area (Å²) in [5, 5.41) is 0. The largest absolute Gasteiger partial charge is 0.368 e. The van der Waals surface area contributed by atoms with E-state index in [4.69, 9.17) is 5.73 Å². The van der Waals surface area contributed by atoms with Crippen LogP contribution in [0.1, 0.15) is 12.5 Å². The first kappa shape index (κ1) is 11.1. The van der Waals surface area contributed by atoms with E-state index < -0.39 is 11.9 Å². The van der Waals surface area contributed by atoms with Crippen LogP contribution in [0, 0.1) is 0 Å². The van der Waals surface area contributed by atoms with E-state index in [-0.39, 0.29) is 5.91 Å². The van der Waals surface area contributed by atoms with Gasteiger partial charge in [0.1, 0.15) is 6.04 Å². The molecule has 0 spiro atoms. The molecule has 1 aliphatic rings. The third kappa shape index (κ3) is 1.71. The van der Waals surface area contributed by atoms with Gasteiger partial charge in [-0.1, -0.05) is 15.9 Å².